The Balaban J connectivity index is 1.86. The molecule has 4 heteroatoms. The Hall–Kier alpha value is -3.40. The summed E-state index contributed by atoms with van der Waals surface area (Å²) in [6.45, 7) is 0.561. The average molecular weight is 328 g/mol. The molecular formula is C21H16N2O2. The van der Waals surface area contributed by atoms with E-state index in [9.17, 15) is 9.90 Å². The maximum absolute atomic E-state index is 11.2. The van der Waals surface area contributed by atoms with Crippen molar-refractivity contribution < 1.29 is 9.90 Å². The number of nitrogens with zero attached hydrogens (tertiary/aromatic N) is 2. The van der Waals surface area contributed by atoms with Crippen LogP contribution >= 0.6 is 0 Å². The van der Waals surface area contributed by atoms with Gasteiger partial charge >= 0.3 is 5.97 Å². The normalized spacial score (nSPS) is 10.9. The predicted octanol–water partition coefficient (Wildman–Crippen LogP) is 4.45. The lowest BCUT2D eigenvalue weighted by atomic mass is 10.1. The van der Waals surface area contributed by atoms with Crippen LogP contribution < -0.4 is 0 Å². The zero-order chi connectivity index (χ0) is 17.2. The lowest BCUT2D eigenvalue weighted by molar-refractivity contribution is 0.0696. The molecule has 4 aromatic rings. The topological polar surface area (TPSA) is 55.1 Å². The van der Waals surface area contributed by atoms with Crippen molar-refractivity contribution in [2.45, 2.75) is 6.54 Å². The second-order valence-corrected chi connectivity index (χ2v) is 5.88. The molecule has 4 rings (SSSR count). The molecule has 0 aliphatic carbocycles. The number of carboxylic acids is 1. The highest BCUT2D eigenvalue weighted by atomic mass is 16.4. The second kappa shape index (κ2) is 6.24. The first-order chi connectivity index (χ1) is 12.2. The van der Waals surface area contributed by atoms with Gasteiger partial charge < -0.3 is 9.67 Å². The van der Waals surface area contributed by atoms with Gasteiger partial charge in [0.2, 0.25) is 0 Å². The van der Waals surface area contributed by atoms with Crippen molar-refractivity contribution in [3.05, 3.63) is 90.0 Å². The largest absolute Gasteiger partial charge is 0.478 e. The van der Waals surface area contributed by atoms with Crippen LogP contribution in [0, 0.1) is 0 Å². The number of fused-ring (bicyclic) bond motifs is 1. The van der Waals surface area contributed by atoms with Crippen LogP contribution in [0.15, 0.2) is 78.9 Å². The van der Waals surface area contributed by atoms with Crippen LogP contribution in [0.2, 0.25) is 0 Å². The number of carbonyl (C=O) groups is 1. The van der Waals surface area contributed by atoms with Crippen molar-refractivity contribution in [1.82, 2.24) is 9.55 Å². The van der Waals surface area contributed by atoms with Gasteiger partial charge in [-0.2, -0.15) is 0 Å². The first kappa shape index (κ1) is 15.1. The molecule has 0 aliphatic rings. The minimum atomic E-state index is -0.916. The fourth-order valence-electron chi connectivity index (χ4n) is 3.03. The van der Waals surface area contributed by atoms with E-state index in [1.54, 1.807) is 18.2 Å². The van der Waals surface area contributed by atoms with E-state index >= 15 is 0 Å². The summed E-state index contributed by atoms with van der Waals surface area (Å²) in [6.07, 6.45) is 0. The molecule has 0 amide bonds. The van der Waals surface area contributed by atoms with Crippen LogP contribution in [0.4, 0.5) is 0 Å². The monoisotopic (exact) mass is 328 g/mol. The van der Waals surface area contributed by atoms with Gasteiger partial charge in [0.25, 0.3) is 0 Å². The van der Waals surface area contributed by atoms with Crippen molar-refractivity contribution in [3.63, 3.8) is 0 Å². The summed E-state index contributed by atoms with van der Waals surface area (Å²) in [6, 6.07) is 25.1. The first-order valence-electron chi connectivity index (χ1n) is 8.05. The minimum Gasteiger partial charge on any atom is -0.478 e. The van der Waals surface area contributed by atoms with Gasteiger partial charge in [-0.15, -0.1) is 0 Å². The van der Waals surface area contributed by atoms with Crippen molar-refractivity contribution in [2.24, 2.45) is 0 Å². The molecule has 0 unspecified atom stereocenters. The van der Waals surface area contributed by atoms with Gasteiger partial charge in [-0.3, -0.25) is 0 Å². The van der Waals surface area contributed by atoms with Crippen LogP contribution in [0.25, 0.3) is 22.4 Å². The smallest absolute Gasteiger partial charge is 0.335 e. The van der Waals surface area contributed by atoms with E-state index in [0.29, 0.717) is 12.1 Å². The number of hydrogen-bond acceptors (Lipinski definition) is 2. The Morgan fingerprint density at radius 2 is 1.68 bits per heavy atom. The number of aromatic nitrogens is 2. The molecule has 0 saturated heterocycles. The molecule has 25 heavy (non-hydrogen) atoms. The zero-order valence-electron chi connectivity index (χ0n) is 13.5. The van der Waals surface area contributed by atoms with E-state index in [4.69, 9.17) is 4.98 Å². The highest BCUT2D eigenvalue weighted by Crippen LogP contribution is 2.25. The Morgan fingerprint density at radius 3 is 2.48 bits per heavy atom. The van der Waals surface area contributed by atoms with Gasteiger partial charge in [-0.25, -0.2) is 9.78 Å². The Bertz CT molecular complexity index is 1050. The SMILES string of the molecule is O=C(O)c1cccc(Cn2c(-c3ccccc3)nc3ccccc32)c1. The molecule has 1 aromatic heterocycles. The number of aromatic carboxylic acids is 1. The molecule has 0 spiro atoms. The highest BCUT2D eigenvalue weighted by Gasteiger charge is 2.13. The molecule has 4 nitrogen and oxygen atoms in total. The molecule has 0 aliphatic heterocycles. The molecule has 0 bridgehead atoms. The fourth-order valence-corrected chi connectivity index (χ4v) is 3.03. The fraction of sp³-hybridized carbons (Fsp3) is 0.0476. The highest BCUT2D eigenvalue weighted by molar-refractivity contribution is 5.87. The van der Waals surface area contributed by atoms with Crippen LogP contribution in [-0.4, -0.2) is 20.6 Å². The van der Waals surface area contributed by atoms with E-state index in [2.05, 4.69) is 4.57 Å². The number of imidazole rings is 1. The molecular weight excluding hydrogens is 312 g/mol. The molecule has 1 N–H and O–H groups in total. The molecule has 1 heterocycles. The number of carboxylic acid groups (broad SMARTS) is 1. The van der Waals surface area contributed by atoms with Gasteiger partial charge in [0, 0.05) is 12.1 Å². The quantitative estimate of drug-likeness (QED) is 0.602. The predicted molar refractivity (Wildman–Crippen MR) is 97.7 cm³/mol. The summed E-state index contributed by atoms with van der Waals surface area (Å²) < 4.78 is 2.13. The van der Waals surface area contributed by atoms with Crippen molar-refractivity contribution in [2.75, 3.05) is 0 Å². The van der Waals surface area contributed by atoms with E-state index < -0.39 is 5.97 Å². The lowest BCUT2D eigenvalue weighted by Crippen LogP contribution is -2.04. The molecule has 0 radical (unpaired) electrons. The summed E-state index contributed by atoms with van der Waals surface area (Å²) in [5, 5.41) is 9.22. The summed E-state index contributed by atoms with van der Waals surface area (Å²) in [4.78, 5) is 16.0. The number of benzene rings is 3. The van der Waals surface area contributed by atoms with Crippen molar-refractivity contribution >= 4 is 17.0 Å². The third kappa shape index (κ3) is 2.90. The zero-order valence-corrected chi connectivity index (χ0v) is 13.5. The molecule has 0 saturated carbocycles. The lowest BCUT2D eigenvalue weighted by Gasteiger charge is -2.10. The van der Waals surface area contributed by atoms with E-state index in [0.717, 1.165) is 28.0 Å². The number of rotatable bonds is 4. The van der Waals surface area contributed by atoms with Crippen molar-refractivity contribution in [3.8, 4) is 11.4 Å². The van der Waals surface area contributed by atoms with Crippen LogP contribution in [-0.2, 0) is 6.54 Å². The van der Waals surface area contributed by atoms with E-state index in [-0.39, 0.29) is 0 Å². The third-order valence-corrected chi connectivity index (χ3v) is 4.20. The van der Waals surface area contributed by atoms with Gasteiger partial charge in [0.1, 0.15) is 5.82 Å². The first-order valence-corrected chi connectivity index (χ1v) is 8.05. The molecule has 3 aromatic carbocycles. The van der Waals surface area contributed by atoms with Gasteiger partial charge in [-0.1, -0.05) is 54.6 Å². The maximum Gasteiger partial charge on any atom is 0.335 e. The van der Waals surface area contributed by atoms with E-state index in [1.165, 1.54) is 0 Å². The number of para-hydroxylation sites is 2. The summed E-state index contributed by atoms with van der Waals surface area (Å²) in [7, 11) is 0. The summed E-state index contributed by atoms with van der Waals surface area (Å²) in [5.41, 5.74) is 4.22. The Kier molecular flexibility index (Phi) is 3.78. The summed E-state index contributed by atoms with van der Waals surface area (Å²) >= 11 is 0. The molecule has 0 fully saturated rings. The Labute approximate surface area is 145 Å². The standard InChI is InChI=1S/C21H16N2O2/c24-21(25)17-10-6-7-15(13-17)14-23-19-12-5-4-11-18(19)22-20(23)16-8-2-1-3-9-16/h1-13H,14H2,(H,24,25). The van der Waals surface area contributed by atoms with Gasteiger partial charge in [0.15, 0.2) is 0 Å². The molecule has 122 valence electrons. The average Bonchev–Trinajstić information content (AvgIpc) is 3.01. The van der Waals surface area contributed by atoms with E-state index in [1.807, 2.05) is 60.7 Å². The van der Waals surface area contributed by atoms with Crippen LogP contribution in [0.3, 0.4) is 0 Å². The molecule has 0 atom stereocenters. The summed E-state index contributed by atoms with van der Waals surface area (Å²) in [5.74, 6) is -0.0387. The third-order valence-electron chi connectivity index (χ3n) is 4.20. The number of hydrogen-bond donors (Lipinski definition) is 1. The Morgan fingerprint density at radius 1 is 0.920 bits per heavy atom. The maximum atomic E-state index is 11.2. The van der Waals surface area contributed by atoms with Gasteiger partial charge in [0.05, 0.1) is 16.6 Å². The second-order valence-electron chi connectivity index (χ2n) is 5.88. The van der Waals surface area contributed by atoms with Crippen molar-refractivity contribution in [1.29, 1.82) is 0 Å². The van der Waals surface area contributed by atoms with Crippen LogP contribution in [0.1, 0.15) is 15.9 Å². The minimum absolute atomic E-state index is 0.295. The van der Waals surface area contributed by atoms with Gasteiger partial charge in [-0.05, 0) is 29.8 Å². The van der Waals surface area contributed by atoms with Crippen LogP contribution in [0.5, 0.6) is 0 Å².